The molecule has 0 unspecified atom stereocenters. The number of halogens is 3. The first-order valence-corrected chi connectivity index (χ1v) is 6.11. The molecule has 118 valence electrons. The lowest BCUT2D eigenvalue weighted by atomic mass is 10.1. The summed E-state index contributed by atoms with van der Waals surface area (Å²) < 4.78 is 53.1. The summed E-state index contributed by atoms with van der Waals surface area (Å²) >= 11 is 0. The SMILES string of the molecule is COCOc1ccc(C(F)(F)F)cc1C(=O)OC(C)(C)C. The number of benzene rings is 1. The van der Waals surface area contributed by atoms with Crippen molar-refractivity contribution in [3.05, 3.63) is 29.3 Å². The van der Waals surface area contributed by atoms with Crippen LogP contribution in [0.4, 0.5) is 13.2 Å². The Morgan fingerprint density at radius 3 is 2.29 bits per heavy atom. The molecule has 0 aliphatic carbocycles. The molecule has 0 aromatic heterocycles. The lowest BCUT2D eigenvalue weighted by Gasteiger charge is -2.21. The first-order valence-electron chi connectivity index (χ1n) is 6.11. The van der Waals surface area contributed by atoms with Gasteiger partial charge in [-0.25, -0.2) is 4.79 Å². The summed E-state index contributed by atoms with van der Waals surface area (Å²) in [6, 6.07) is 2.61. The van der Waals surface area contributed by atoms with Crippen molar-refractivity contribution in [1.82, 2.24) is 0 Å². The summed E-state index contributed by atoms with van der Waals surface area (Å²) in [5.74, 6) is -0.918. The Kier molecular flexibility index (Phi) is 5.22. The van der Waals surface area contributed by atoms with Crippen LogP contribution in [0, 0.1) is 0 Å². The Morgan fingerprint density at radius 1 is 1.19 bits per heavy atom. The molecular weight excluding hydrogens is 289 g/mol. The van der Waals surface area contributed by atoms with E-state index in [4.69, 9.17) is 9.47 Å². The van der Waals surface area contributed by atoms with E-state index in [9.17, 15) is 18.0 Å². The number of methoxy groups -OCH3 is 1. The highest BCUT2D eigenvalue weighted by Crippen LogP contribution is 2.33. The molecule has 0 aliphatic heterocycles. The fraction of sp³-hybridized carbons (Fsp3) is 0.500. The first-order chi connectivity index (χ1) is 9.54. The van der Waals surface area contributed by atoms with Crippen LogP contribution in [0.3, 0.4) is 0 Å². The van der Waals surface area contributed by atoms with Crippen LogP contribution in [-0.2, 0) is 15.7 Å². The quantitative estimate of drug-likeness (QED) is 0.629. The Labute approximate surface area is 120 Å². The molecule has 0 spiro atoms. The van der Waals surface area contributed by atoms with E-state index in [0.29, 0.717) is 6.07 Å². The van der Waals surface area contributed by atoms with Gasteiger partial charge in [-0.15, -0.1) is 0 Å². The summed E-state index contributed by atoms with van der Waals surface area (Å²) in [5, 5.41) is 0. The molecule has 4 nitrogen and oxygen atoms in total. The summed E-state index contributed by atoms with van der Waals surface area (Å²) in [6.07, 6.45) is -4.56. The minimum Gasteiger partial charge on any atom is -0.467 e. The van der Waals surface area contributed by atoms with Gasteiger partial charge < -0.3 is 14.2 Å². The van der Waals surface area contributed by atoms with Crippen molar-refractivity contribution in [3.8, 4) is 5.75 Å². The number of ether oxygens (including phenoxy) is 3. The van der Waals surface area contributed by atoms with Gasteiger partial charge >= 0.3 is 12.1 Å². The second-order valence-electron chi connectivity index (χ2n) is 5.26. The second kappa shape index (κ2) is 6.34. The van der Waals surface area contributed by atoms with Gasteiger partial charge in [0.05, 0.1) is 5.56 Å². The minimum atomic E-state index is -4.56. The Morgan fingerprint density at radius 2 is 1.81 bits per heavy atom. The van der Waals surface area contributed by atoms with Gasteiger partial charge in [-0.05, 0) is 39.0 Å². The van der Waals surface area contributed by atoms with Crippen LogP contribution in [0.2, 0.25) is 0 Å². The fourth-order valence-electron chi connectivity index (χ4n) is 1.45. The van der Waals surface area contributed by atoms with Gasteiger partial charge in [0.15, 0.2) is 6.79 Å². The third-order valence-corrected chi connectivity index (χ3v) is 2.26. The summed E-state index contributed by atoms with van der Waals surface area (Å²) in [4.78, 5) is 12.0. The molecule has 0 saturated carbocycles. The molecule has 0 amide bonds. The standard InChI is InChI=1S/C14H17F3O4/c1-13(2,3)21-12(18)10-7-9(14(15,16)17)5-6-11(10)20-8-19-4/h5-7H,8H2,1-4H3. The Balaban J connectivity index is 3.19. The molecule has 1 aromatic rings. The number of alkyl halides is 3. The number of carbonyl (C=O) groups is 1. The summed E-state index contributed by atoms with van der Waals surface area (Å²) in [7, 11) is 1.36. The minimum absolute atomic E-state index is 0.0286. The average Bonchev–Trinajstić information content (AvgIpc) is 2.32. The van der Waals surface area contributed by atoms with E-state index in [1.165, 1.54) is 7.11 Å². The zero-order valence-electron chi connectivity index (χ0n) is 12.2. The lowest BCUT2D eigenvalue weighted by molar-refractivity contribution is -0.137. The average molecular weight is 306 g/mol. The molecule has 0 N–H and O–H groups in total. The van der Waals surface area contributed by atoms with Crippen LogP contribution in [0.1, 0.15) is 36.7 Å². The predicted molar refractivity (Wildman–Crippen MR) is 69.1 cm³/mol. The molecule has 0 bridgehead atoms. The monoisotopic (exact) mass is 306 g/mol. The number of carbonyl (C=O) groups excluding carboxylic acids is 1. The van der Waals surface area contributed by atoms with E-state index in [1.54, 1.807) is 20.8 Å². The number of esters is 1. The molecule has 0 heterocycles. The van der Waals surface area contributed by atoms with E-state index >= 15 is 0 Å². The van der Waals surface area contributed by atoms with Crippen LogP contribution in [0.5, 0.6) is 5.75 Å². The number of rotatable bonds is 4. The van der Waals surface area contributed by atoms with Crippen LogP contribution < -0.4 is 4.74 Å². The molecule has 21 heavy (non-hydrogen) atoms. The summed E-state index contributed by atoms with van der Waals surface area (Å²) in [5.41, 5.74) is -2.07. The van der Waals surface area contributed by atoms with Crippen molar-refractivity contribution >= 4 is 5.97 Å². The zero-order chi connectivity index (χ0) is 16.3. The third kappa shape index (κ3) is 5.26. The molecule has 0 radical (unpaired) electrons. The molecule has 0 atom stereocenters. The maximum Gasteiger partial charge on any atom is 0.416 e. The third-order valence-electron chi connectivity index (χ3n) is 2.26. The van der Waals surface area contributed by atoms with Crippen molar-refractivity contribution in [2.75, 3.05) is 13.9 Å². The zero-order valence-corrected chi connectivity index (χ0v) is 12.2. The van der Waals surface area contributed by atoms with Crippen molar-refractivity contribution in [1.29, 1.82) is 0 Å². The fourth-order valence-corrected chi connectivity index (χ4v) is 1.45. The number of hydrogen-bond donors (Lipinski definition) is 0. The van der Waals surface area contributed by atoms with Crippen LogP contribution >= 0.6 is 0 Å². The molecule has 0 saturated heterocycles. The molecule has 0 aliphatic rings. The van der Waals surface area contributed by atoms with Gasteiger partial charge in [0.25, 0.3) is 0 Å². The van der Waals surface area contributed by atoms with Crippen LogP contribution in [-0.4, -0.2) is 25.5 Å². The highest BCUT2D eigenvalue weighted by atomic mass is 19.4. The van der Waals surface area contributed by atoms with E-state index in [1.807, 2.05) is 0 Å². The Hall–Kier alpha value is -1.76. The van der Waals surface area contributed by atoms with Gasteiger partial charge in [0.2, 0.25) is 0 Å². The molecular formula is C14H17F3O4. The molecule has 1 aromatic carbocycles. The normalized spacial score (nSPS) is 12.1. The van der Waals surface area contributed by atoms with Gasteiger partial charge in [0.1, 0.15) is 16.9 Å². The lowest BCUT2D eigenvalue weighted by Crippen LogP contribution is -2.24. The van der Waals surface area contributed by atoms with Crippen molar-refractivity contribution in [2.45, 2.75) is 32.5 Å². The Bertz CT molecular complexity index is 504. The topological polar surface area (TPSA) is 44.8 Å². The number of hydrogen-bond acceptors (Lipinski definition) is 4. The maximum atomic E-state index is 12.7. The van der Waals surface area contributed by atoms with Crippen molar-refractivity contribution in [3.63, 3.8) is 0 Å². The molecule has 0 fully saturated rings. The van der Waals surface area contributed by atoms with Crippen molar-refractivity contribution in [2.24, 2.45) is 0 Å². The van der Waals surface area contributed by atoms with Gasteiger partial charge in [-0.3, -0.25) is 0 Å². The second-order valence-corrected chi connectivity index (χ2v) is 5.26. The highest BCUT2D eigenvalue weighted by molar-refractivity contribution is 5.93. The van der Waals surface area contributed by atoms with Gasteiger partial charge in [-0.2, -0.15) is 13.2 Å². The smallest absolute Gasteiger partial charge is 0.416 e. The highest BCUT2D eigenvalue weighted by Gasteiger charge is 2.33. The van der Waals surface area contributed by atoms with Crippen LogP contribution in [0.15, 0.2) is 18.2 Å². The van der Waals surface area contributed by atoms with Crippen LogP contribution in [0.25, 0.3) is 0 Å². The largest absolute Gasteiger partial charge is 0.467 e. The maximum absolute atomic E-state index is 12.7. The van der Waals surface area contributed by atoms with Crippen molar-refractivity contribution < 1.29 is 32.2 Å². The van der Waals surface area contributed by atoms with Gasteiger partial charge in [-0.1, -0.05) is 0 Å². The van der Waals surface area contributed by atoms with E-state index < -0.39 is 23.3 Å². The first kappa shape index (κ1) is 17.3. The summed E-state index contributed by atoms with van der Waals surface area (Å²) in [6.45, 7) is 4.66. The van der Waals surface area contributed by atoms with E-state index in [-0.39, 0.29) is 18.1 Å². The van der Waals surface area contributed by atoms with E-state index in [2.05, 4.69) is 4.74 Å². The molecule has 1 rings (SSSR count). The molecule has 7 heteroatoms. The van der Waals surface area contributed by atoms with Gasteiger partial charge in [0, 0.05) is 7.11 Å². The predicted octanol–water partition coefficient (Wildman–Crippen LogP) is 3.64. The van der Waals surface area contributed by atoms with E-state index in [0.717, 1.165) is 12.1 Å².